The van der Waals surface area contributed by atoms with Crippen molar-refractivity contribution in [3.63, 3.8) is 0 Å². The largest absolute Gasteiger partial charge is 0.507 e. The number of carbonyl (C=O) groups excluding carboxylic acids is 2. The van der Waals surface area contributed by atoms with Gasteiger partial charge in [0.15, 0.2) is 6.61 Å². The lowest BCUT2D eigenvalue weighted by Gasteiger charge is -2.12. The van der Waals surface area contributed by atoms with E-state index in [0.29, 0.717) is 0 Å². The number of hydrogen-bond donors (Lipinski definition) is 2. The van der Waals surface area contributed by atoms with E-state index in [4.69, 9.17) is 4.74 Å². The predicted octanol–water partition coefficient (Wildman–Crippen LogP) is 3.94. The zero-order valence-electron chi connectivity index (χ0n) is 14.4. The number of hydrogen-bond acceptors (Lipinski definition) is 5. The summed E-state index contributed by atoms with van der Waals surface area (Å²) in [5.74, 6) is -2.14. The number of para-hydroxylation sites is 2. The number of amides is 1. The fourth-order valence-corrected chi connectivity index (χ4v) is 2.56. The van der Waals surface area contributed by atoms with Crippen LogP contribution in [0, 0.1) is 0 Å². The molecule has 0 aliphatic heterocycles. The first-order chi connectivity index (χ1) is 13.4. The number of esters is 1. The van der Waals surface area contributed by atoms with Crippen LogP contribution in [0.4, 0.5) is 14.5 Å². The Balaban J connectivity index is 1.65. The highest BCUT2D eigenvalue weighted by Gasteiger charge is 2.17. The van der Waals surface area contributed by atoms with Crippen LogP contribution in [0.2, 0.25) is 0 Å². The smallest absolute Gasteiger partial charge is 0.387 e. The molecule has 0 spiro atoms. The van der Waals surface area contributed by atoms with Crippen LogP contribution < -0.4 is 10.1 Å². The molecular formula is C20H15F2NO5. The van der Waals surface area contributed by atoms with Crippen LogP contribution in [0.1, 0.15) is 10.4 Å². The zero-order chi connectivity index (χ0) is 20.1. The number of ether oxygens (including phenoxy) is 2. The molecule has 0 saturated heterocycles. The van der Waals surface area contributed by atoms with Crippen molar-refractivity contribution in [3.8, 4) is 11.5 Å². The standard InChI is InChI=1S/C20H15F2NO5/c21-20(22)28-17-8-4-3-7-15(17)23-18(25)11-27-19(26)14-9-12-5-1-2-6-13(12)10-16(14)24/h1-10,20,24H,11H2,(H,23,25). The Morgan fingerprint density at radius 2 is 1.64 bits per heavy atom. The van der Waals surface area contributed by atoms with Gasteiger partial charge in [0.1, 0.15) is 17.1 Å². The number of phenolic OH excluding ortho intramolecular Hbond substituents is 1. The second kappa shape index (κ2) is 8.34. The number of halogens is 2. The van der Waals surface area contributed by atoms with Crippen LogP contribution in [-0.4, -0.2) is 30.2 Å². The van der Waals surface area contributed by atoms with Crippen molar-refractivity contribution in [3.05, 3.63) is 66.2 Å². The molecule has 0 heterocycles. The van der Waals surface area contributed by atoms with Gasteiger partial charge in [0.25, 0.3) is 5.91 Å². The normalized spacial score (nSPS) is 10.7. The van der Waals surface area contributed by atoms with Crippen molar-refractivity contribution in [2.24, 2.45) is 0 Å². The minimum absolute atomic E-state index is 0.0115. The quantitative estimate of drug-likeness (QED) is 0.626. The van der Waals surface area contributed by atoms with Gasteiger partial charge in [-0.1, -0.05) is 36.4 Å². The van der Waals surface area contributed by atoms with Crippen LogP contribution in [0.5, 0.6) is 11.5 Å². The van der Waals surface area contributed by atoms with Crippen molar-refractivity contribution >= 4 is 28.3 Å². The van der Waals surface area contributed by atoms with Crippen LogP contribution in [0.3, 0.4) is 0 Å². The van der Waals surface area contributed by atoms with Gasteiger partial charge in [-0.2, -0.15) is 8.78 Å². The summed E-state index contributed by atoms with van der Waals surface area (Å²) in [6.07, 6.45) is 0. The topological polar surface area (TPSA) is 84.9 Å². The highest BCUT2D eigenvalue weighted by molar-refractivity contribution is 6.00. The minimum atomic E-state index is -3.05. The lowest BCUT2D eigenvalue weighted by Crippen LogP contribution is -2.21. The van der Waals surface area contributed by atoms with Crippen molar-refractivity contribution in [2.75, 3.05) is 11.9 Å². The van der Waals surface area contributed by atoms with Gasteiger partial charge in [0, 0.05) is 0 Å². The fraction of sp³-hybridized carbons (Fsp3) is 0.100. The molecule has 6 nitrogen and oxygen atoms in total. The van der Waals surface area contributed by atoms with Crippen molar-refractivity contribution in [2.45, 2.75) is 6.61 Å². The average Bonchev–Trinajstić information content (AvgIpc) is 2.66. The van der Waals surface area contributed by atoms with E-state index in [1.807, 2.05) is 0 Å². The number of fused-ring (bicyclic) bond motifs is 1. The van der Waals surface area contributed by atoms with Gasteiger partial charge in [-0.25, -0.2) is 4.79 Å². The molecule has 0 fully saturated rings. The Morgan fingerprint density at radius 3 is 2.36 bits per heavy atom. The van der Waals surface area contributed by atoms with Gasteiger partial charge < -0.3 is 19.9 Å². The first kappa shape index (κ1) is 19.1. The van der Waals surface area contributed by atoms with E-state index in [1.54, 1.807) is 24.3 Å². The number of rotatable bonds is 6. The Kier molecular flexibility index (Phi) is 5.69. The molecule has 0 aliphatic carbocycles. The van der Waals surface area contributed by atoms with E-state index < -0.39 is 25.1 Å². The number of anilines is 1. The molecule has 3 aromatic rings. The summed E-state index contributed by atoms with van der Waals surface area (Å²) in [7, 11) is 0. The van der Waals surface area contributed by atoms with E-state index in [9.17, 15) is 23.5 Å². The lowest BCUT2D eigenvalue weighted by atomic mass is 10.1. The molecule has 0 saturated carbocycles. The molecule has 2 N–H and O–H groups in total. The second-order valence-corrected chi connectivity index (χ2v) is 5.72. The number of aromatic hydroxyl groups is 1. The van der Waals surface area contributed by atoms with Crippen LogP contribution >= 0.6 is 0 Å². The summed E-state index contributed by atoms with van der Waals surface area (Å²) < 4.78 is 34.0. The van der Waals surface area contributed by atoms with E-state index >= 15 is 0 Å². The van der Waals surface area contributed by atoms with Gasteiger partial charge in [-0.15, -0.1) is 0 Å². The summed E-state index contributed by atoms with van der Waals surface area (Å²) in [4.78, 5) is 24.2. The highest BCUT2D eigenvalue weighted by Crippen LogP contribution is 2.27. The maximum Gasteiger partial charge on any atom is 0.387 e. The van der Waals surface area contributed by atoms with Crippen molar-refractivity contribution in [1.29, 1.82) is 0 Å². The van der Waals surface area contributed by atoms with E-state index in [-0.39, 0.29) is 22.7 Å². The Bertz CT molecular complexity index is 1020. The fourth-order valence-electron chi connectivity index (χ4n) is 2.56. The lowest BCUT2D eigenvalue weighted by molar-refractivity contribution is -0.119. The summed E-state index contributed by atoms with van der Waals surface area (Å²) in [5, 5.41) is 13.8. The van der Waals surface area contributed by atoms with Gasteiger partial charge in [0.2, 0.25) is 0 Å². The molecule has 144 valence electrons. The number of phenols is 1. The number of nitrogens with one attached hydrogen (secondary N) is 1. The molecule has 0 unspecified atom stereocenters. The summed E-state index contributed by atoms with van der Waals surface area (Å²) in [5.41, 5.74) is -0.0784. The first-order valence-corrected chi connectivity index (χ1v) is 8.16. The number of carbonyl (C=O) groups is 2. The SMILES string of the molecule is O=C(COC(=O)c1cc2ccccc2cc1O)Nc1ccccc1OC(F)F. The molecule has 0 bridgehead atoms. The maximum absolute atomic E-state index is 12.4. The van der Waals surface area contributed by atoms with Gasteiger partial charge >= 0.3 is 12.6 Å². The van der Waals surface area contributed by atoms with Crippen molar-refractivity contribution < 1.29 is 33.0 Å². The number of alkyl halides is 2. The van der Waals surface area contributed by atoms with E-state index in [1.165, 1.54) is 36.4 Å². The van der Waals surface area contributed by atoms with Crippen LogP contribution in [0.25, 0.3) is 10.8 Å². The Labute approximate surface area is 158 Å². The van der Waals surface area contributed by atoms with Gasteiger partial charge in [0.05, 0.1) is 5.69 Å². The maximum atomic E-state index is 12.4. The summed E-state index contributed by atoms with van der Waals surface area (Å²) >= 11 is 0. The molecule has 0 atom stereocenters. The van der Waals surface area contributed by atoms with Crippen LogP contribution in [-0.2, 0) is 9.53 Å². The Hall–Kier alpha value is -3.68. The highest BCUT2D eigenvalue weighted by atomic mass is 19.3. The van der Waals surface area contributed by atoms with E-state index in [0.717, 1.165) is 10.8 Å². The summed E-state index contributed by atoms with van der Waals surface area (Å²) in [6, 6.07) is 15.6. The molecule has 3 rings (SSSR count). The van der Waals surface area contributed by atoms with Gasteiger partial charge in [-0.3, -0.25) is 4.79 Å². The molecule has 0 aromatic heterocycles. The third-order valence-corrected chi connectivity index (χ3v) is 3.80. The Morgan fingerprint density at radius 1 is 1.00 bits per heavy atom. The van der Waals surface area contributed by atoms with Gasteiger partial charge in [-0.05, 0) is 35.0 Å². The molecule has 0 aliphatic rings. The molecule has 28 heavy (non-hydrogen) atoms. The second-order valence-electron chi connectivity index (χ2n) is 5.72. The average molecular weight is 387 g/mol. The summed E-state index contributed by atoms with van der Waals surface area (Å²) in [6.45, 7) is -3.72. The third-order valence-electron chi connectivity index (χ3n) is 3.80. The zero-order valence-corrected chi connectivity index (χ0v) is 14.4. The predicted molar refractivity (Wildman–Crippen MR) is 97.6 cm³/mol. The first-order valence-electron chi connectivity index (χ1n) is 8.16. The monoisotopic (exact) mass is 387 g/mol. The van der Waals surface area contributed by atoms with E-state index in [2.05, 4.69) is 10.1 Å². The van der Waals surface area contributed by atoms with Crippen LogP contribution in [0.15, 0.2) is 60.7 Å². The molecule has 0 radical (unpaired) electrons. The molecule has 1 amide bonds. The molecule has 8 heteroatoms. The minimum Gasteiger partial charge on any atom is -0.507 e. The third kappa shape index (κ3) is 4.53. The number of benzene rings is 3. The molecular weight excluding hydrogens is 372 g/mol. The van der Waals surface area contributed by atoms with Crippen molar-refractivity contribution in [1.82, 2.24) is 0 Å². The molecule has 3 aromatic carbocycles.